The number of oxazole rings is 1. The normalized spacial score (nSPS) is 11.5. The van der Waals surface area contributed by atoms with Crippen LogP contribution in [-0.2, 0) is 15.6 Å². The summed E-state index contributed by atoms with van der Waals surface area (Å²) in [4.78, 5) is 4.88. The van der Waals surface area contributed by atoms with Gasteiger partial charge >= 0.3 is 0 Å². The maximum atomic E-state index is 11.9. The maximum absolute atomic E-state index is 11.9. The van der Waals surface area contributed by atoms with Gasteiger partial charge in [-0.3, -0.25) is 10.3 Å². The van der Waals surface area contributed by atoms with Crippen molar-refractivity contribution in [1.29, 1.82) is 0 Å². The molecule has 2 heterocycles. The van der Waals surface area contributed by atoms with Crippen molar-refractivity contribution in [2.75, 3.05) is 13.3 Å². The monoisotopic (exact) mass is 535 g/mol. The summed E-state index contributed by atoms with van der Waals surface area (Å²) in [7, 11) is -1.90. The number of nitrogens with zero attached hydrogens (tertiary/aromatic N) is 4. The van der Waals surface area contributed by atoms with Gasteiger partial charge < -0.3 is 4.42 Å². The predicted octanol–water partition coefficient (Wildman–Crippen LogP) is 4.69. The fourth-order valence-corrected chi connectivity index (χ4v) is 4.61. The number of hydrogen-bond acceptors (Lipinski definition) is 9. The van der Waals surface area contributed by atoms with Crippen LogP contribution in [0.3, 0.4) is 0 Å². The van der Waals surface area contributed by atoms with Crippen molar-refractivity contribution in [3.05, 3.63) is 59.2 Å². The van der Waals surface area contributed by atoms with Gasteiger partial charge in [0.05, 0.1) is 4.90 Å². The highest BCUT2D eigenvalue weighted by Crippen LogP contribution is 2.37. The molecule has 4 rings (SSSR count). The Hall–Kier alpha value is -2.77. The molecule has 2 aromatic carbocycles. The van der Waals surface area contributed by atoms with Crippen LogP contribution >= 0.6 is 35.6 Å². The van der Waals surface area contributed by atoms with Gasteiger partial charge in [0.15, 0.2) is 19.9 Å². The largest absolute Gasteiger partial charge is 0.434 e. The molecule has 2 N–H and O–H groups in total. The van der Waals surface area contributed by atoms with Gasteiger partial charge in [-0.15, -0.1) is 5.10 Å². The van der Waals surface area contributed by atoms with E-state index in [0.29, 0.717) is 39.2 Å². The number of sulfone groups is 1. The Balaban J connectivity index is 1.78. The Labute approximate surface area is 210 Å². The first kappa shape index (κ1) is 24.4. The minimum Gasteiger partial charge on any atom is -0.434 e. The fraction of sp³-hybridized carbons (Fsp3) is 0.143. The van der Waals surface area contributed by atoms with Gasteiger partial charge in [0.2, 0.25) is 5.89 Å². The second-order valence-corrected chi connectivity index (χ2v) is 11.3. The van der Waals surface area contributed by atoms with Gasteiger partial charge in [-0.25, -0.2) is 18.5 Å². The van der Waals surface area contributed by atoms with Crippen molar-refractivity contribution < 1.29 is 18.0 Å². The smallest absolute Gasteiger partial charge is 0.247 e. The third-order valence-corrected chi connectivity index (χ3v) is 7.65. The number of hydrogen-bond donors (Lipinski definition) is 2. The molecular formula is C21H18ClN5O4S3. The second-order valence-electron chi connectivity index (χ2n) is 7.21. The SMILES string of the molecule is CN(O)C(=S)SCc1nn[nH]c1-c1nc(-c2ccc(Cl)cc2)c(-c2ccc(S(C)(=O)=O)cc2)o1. The molecule has 0 fully saturated rings. The highest BCUT2D eigenvalue weighted by Gasteiger charge is 2.22. The lowest BCUT2D eigenvalue weighted by atomic mass is 10.1. The summed E-state index contributed by atoms with van der Waals surface area (Å²) in [5, 5.41) is 21.7. The molecule has 0 aliphatic rings. The molecule has 0 radical (unpaired) electrons. The first-order valence-corrected chi connectivity index (χ1v) is 13.4. The summed E-state index contributed by atoms with van der Waals surface area (Å²) in [5.41, 5.74) is 2.94. The molecular weight excluding hydrogens is 518 g/mol. The number of nitrogens with one attached hydrogen (secondary N) is 1. The molecule has 0 aliphatic heterocycles. The standard InChI is InChI=1S/C21H18ClN5O4S3/c1-27(28)21(32)33-11-16-18(25-26-24-16)20-23-17(12-3-7-14(22)8-4-12)19(31-20)13-5-9-15(10-6-13)34(2,29)30/h3-10,28H,11H2,1-2H3,(H,24,25,26). The molecule has 34 heavy (non-hydrogen) atoms. The van der Waals surface area contributed by atoms with Crippen LogP contribution in [-0.4, -0.2) is 56.7 Å². The average Bonchev–Trinajstić information content (AvgIpc) is 3.44. The number of halogens is 1. The van der Waals surface area contributed by atoms with Crippen molar-refractivity contribution in [2.24, 2.45) is 0 Å². The number of thiocarbonyl (C=S) groups is 1. The van der Waals surface area contributed by atoms with Gasteiger partial charge in [0.1, 0.15) is 17.1 Å². The predicted molar refractivity (Wildman–Crippen MR) is 134 cm³/mol. The zero-order chi connectivity index (χ0) is 24.5. The first-order chi connectivity index (χ1) is 16.1. The number of H-pyrrole nitrogens is 1. The second kappa shape index (κ2) is 9.84. The Bertz CT molecular complexity index is 1430. The van der Waals surface area contributed by atoms with Crippen molar-refractivity contribution in [2.45, 2.75) is 10.6 Å². The minimum absolute atomic E-state index is 0.200. The molecule has 0 bridgehead atoms. The van der Waals surface area contributed by atoms with E-state index in [0.717, 1.165) is 16.9 Å². The summed E-state index contributed by atoms with van der Waals surface area (Å²) < 4.78 is 30.1. The van der Waals surface area contributed by atoms with Crippen LogP contribution < -0.4 is 0 Å². The number of rotatable bonds is 6. The molecule has 0 unspecified atom stereocenters. The number of aromatic amines is 1. The molecule has 13 heteroatoms. The van der Waals surface area contributed by atoms with Gasteiger partial charge in [0, 0.05) is 35.2 Å². The zero-order valence-corrected chi connectivity index (χ0v) is 21.1. The molecule has 176 valence electrons. The van der Waals surface area contributed by atoms with Gasteiger partial charge in [-0.2, -0.15) is 0 Å². The van der Waals surface area contributed by atoms with E-state index in [2.05, 4.69) is 20.4 Å². The van der Waals surface area contributed by atoms with Gasteiger partial charge in [-0.05, 0) is 36.4 Å². The molecule has 2 aromatic heterocycles. The summed E-state index contributed by atoms with van der Waals surface area (Å²) in [6.07, 6.45) is 1.15. The number of aromatic nitrogens is 4. The minimum atomic E-state index is -3.34. The van der Waals surface area contributed by atoms with Crippen LogP contribution in [0.25, 0.3) is 34.2 Å². The van der Waals surface area contributed by atoms with Crippen molar-refractivity contribution >= 4 is 49.7 Å². The topological polar surface area (TPSA) is 125 Å². The van der Waals surface area contributed by atoms with E-state index in [1.807, 2.05) is 12.1 Å². The van der Waals surface area contributed by atoms with Crippen LogP contribution in [0.4, 0.5) is 0 Å². The van der Waals surface area contributed by atoms with Crippen molar-refractivity contribution in [3.63, 3.8) is 0 Å². The maximum Gasteiger partial charge on any atom is 0.247 e. The van der Waals surface area contributed by atoms with E-state index >= 15 is 0 Å². The van der Waals surface area contributed by atoms with Crippen molar-refractivity contribution in [3.8, 4) is 34.2 Å². The Morgan fingerprint density at radius 1 is 1.18 bits per heavy atom. The molecule has 9 nitrogen and oxygen atoms in total. The van der Waals surface area contributed by atoms with E-state index in [4.69, 9.17) is 28.2 Å². The molecule has 0 saturated heterocycles. The lowest BCUT2D eigenvalue weighted by Crippen LogP contribution is -2.17. The van der Waals surface area contributed by atoms with Crippen LogP contribution in [0.5, 0.6) is 0 Å². The molecule has 4 aromatic rings. The highest BCUT2D eigenvalue weighted by atomic mass is 35.5. The third kappa shape index (κ3) is 5.31. The molecule has 0 saturated carbocycles. The van der Waals surface area contributed by atoms with Gasteiger partial charge in [0.25, 0.3) is 0 Å². The van der Waals surface area contributed by atoms with E-state index in [9.17, 15) is 13.6 Å². The lowest BCUT2D eigenvalue weighted by Gasteiger charge is -2.09. The van der Waals surface area contributed by atoms with E-state index in [1.54, 1.807) is 24.3 Å². The fourth-order valence-electron chi connectivity index (χ4n) is 3.03. The van der Waals surface area contributed by atoms with E-state index in [1.165, 1.54) is 30.9 Å². The van der Waals surface area contributed by atoms with E-state index in [-0.39, 0.29) is 15.1 Å². The van der Waals surface area contributed by atoms with Crippen LogP contribution in [0.1, 0.15) is 5.69 Å². The Morgan fingerprint density at radius 2 is 1.82 bits per heavy atom. The van der Waals surface area contributed by atoms with E-state index < -0.39 is 9.84 Å². The van der Waals surface area contributed by atoms with Gasteiger partial charge in [-0.1, -0.05) is 52.9 Å². The van der Waals surface area contributed by atoms with Crippen LogP contribution in [0, 0.1) is 0 Å². The number of benzene rings is 2. The summed E-state index contributed by atoms with van der Waals surface area (Å²) >= 11 is 12.4. The summed E-state index contributed by atoms with van der Waals surface area (Å²) in [6.45, 7) is 0. The molecule has 0 spiro atoms. The zero-order valence-electron chi connectivity index (χ0n) is 17.9. The Morgan fingerprint density at radius 3 is 2.44 bits per heavy atom. The first-order valence-electron chi connectivity index (χ1n) is 9.70. The lowest BCUT2D eigenvalue weighted by molar-refractivity contribution is 0.0205. The highest BCUT2D eigenvalue weighted by molar-refractivity contribution is 8.22. The quantitative estimate of drug-likeness (QED) is 0.265. The molecule has 0 atom stereocenters. The number of hydroxylamine groups is 2. The van der Waals surface area contributed by atoms with Crippen LogP contribution in [0.15, 0.2) is 57.8 Å². The molecule has 0 amide bonds. The summed E-state index contributed by atoms with van der Waals surface area (Å²) in [6, 6.07) is 13.5. The summed E-state index contributed by atoms with van der Waals surface area (Å²) in [5.74, 6) is 1.01. The average molecular weight is 536 g/mol. The third-order valence-electron chi connectivity index (χ3n) is 4.72. The molecule has 0 aliphatic carbocycles. The Kier molecular flexibility index (Phi) is 7.05. The number of thioether (sulfide) groups is 1. The van der Waals surface area contributed by atoms with Crippen LogP contribution in [0.2, 0.25) is 5.02 Å². The van der Waals surface area contributed by atoms with Crippen molar-refractivity contribution in [1.82, 2.24) is 25.5 Å².